The number of anilines is 1. The number of halogens is 1. The minimum absolute atomic E-state index is 0.0631. The zero-order chi connectivity index (χ0) is 26.5. The third-order valence-electron chi connectivity index (χ3n) is 5.35. The molecule has 3 rings (SSSR count). The number of carbonyl (C=O) groups is 1. The van der Waals surface area contributed by atoms with Crippen molar-refractivity contribution in [2.75, 3.05) is 18.9 Å². The van der Waals surface area contributed by atoms with Crippen LogP contribution in [0, 0.1) is 0 Å². The molecule has 2 heterocycles. The number of hydrogen-bond acceptors (Lipinski definition) is 10. The summed E-state index contributed by atoms with van der Waals surface area (Å²) in [5.74, 6) is -0.573. The van der Waals surface area contributed by atoms with Crippen LogP contribution in [0.4, 0.5) is 10.2 Å². The number of nitrogens with two attached hydrogens (primary N) is 1. The summed E-state index contributed by atoms with van der Waals surface area (Å²) < 4.78 is 51.5. The summed E-state index contributed by atoms with van der Waals surface area (Å²) >= 11 is 0. The average molecular weight is 528 g/mol. The number of aliphatic hydroxyl groups is 1. The second kappa shape index (κ2) is 11.5. The number of benzene rings is 1. The Morgan fingerprint density at radius 2 is 2.08 bits per heavy atom. The Morgan fingerprint density at radius 1 is 1.39 bits per heavy atom. The standard InChI is InChI=1S/C22H30FN4O8P/c1-4-12-32-19(29)14(2)26-36(31,35-15-8-6-5-7-9-15)33-13-16-18(28)22(3,23)20(34-16)27-11-10-17(24)25-21(27)30/h5-11,14,16,18,20,28H,4,12-13H2,1-3H3,(H,26,31)(H2,24,25,30)/t14-,16+,18+,20+,22+,36?/m0/s1. The molecule has 1 saturated heterocycles. The van der Waals surface area contributed by atoms with Crippen molar-refractivity contribution in [3.8, 4) is 5.75 Å². The van der Waals surface area contributed by atoms with Gasteiger partial charge in [-0.25, -0.2) is 13.8 Å². The summed E-state index contributed by atoms with van der Waals surface area (Å²) in [5.41, 5.74) is 2.16. The number of aromatic nitrogens is 2. The lowest BCUT2D eigenvalue weighted by Crippen LogP contribution is -2.43. The molecule has 1 aliphatic heterocycles. The third kappa shape index (κ3) is 6.48. The highest BCUT2D eigenvalue weighted by Gasteiger charge is 2.56. The molecule has 2 aromatic rings. The Hall–Kier alpha value is -2.83. The van der Waals surface area contributed by atoms with E-state index in [0.29, 0.717) is 6.42 Å². The molecule has 14 heteroatoms. The number of nitrogens with one attached hydrogen (secondary N) is 1. The zero-order valence-electron chi connectivity index (χ0n) is 20.1. The van der Waals surface area contributed by atoms with Gasteiger partial charge >= 0.3 is 19.4 Å². The molecular formula is C22H30FN4O8P. The maximum absolute atomic E-state index is 15.5. The van der Waals surface area contributed by atoms with Gasteiger partial charge in [0.25, 0.3) is 0 Å². The van der Waals surface area contributed by atoms with Gasteiger partial charge in [0.2, 0.25) is 0 Å². The van der Waals surface area contributed by atoms with Crippen LogP contribution in [0.5, 0.6) is 5.75 Å². The molecule has 36 heavy (non-hydrogen) atoms. The van der Waals surface area contributed by atoms with Crippen molar-refractivity contribution in [3.05, 3.63) is 53.1 Å². The van der Waals surface area contributed by atoms with E-state index in [2.05, 4.69) is 10.1 Å². The molecule has 0 aliphatic carbocycles. The molecule has 0 spiro atoms. The van der Waals surface area contributed by atoms with E-state index in [4.69, 9.17) is 24.3 Å². The molecule has 1 aromatic carbocycles. The molecule has 1 fully saturated rings. The van der Waals surface area contributed by atoms with Crippen molar-refractivity contribution >= 4 is 19.5 Å². The number of nitrogens with zero attached hydrogens (tertiary/aromatic N) is 2. The molecule has 0 bridgehead atoms. The summed E-state index contributed by atoms with van der Waals surface area (Å²) in [6.45, 7) is 3.86. The second-order valence-electron chi connectivity index (χ2n) is 8.38. The van der Waals surface area contributed by atoms with Gasteiger partial charge in [0.15, 0.2) is 11.9 Å². The Morgan fingerprint density at radius 3 is 2.72 bits per heavy atom. The number of aliphatic hydroxyl groups excluding tert-OH is 1. The van der Waals surface area contributed by atoms with Crippen LogP contribution in [-0.2, 0) is 23.4 Å². The van der Waals surface area contributed by atoms with Crippen molar-refractivity contribution in [2.45, 2.75) is 57.3 Å². The summed E-state index contributed by atoms with van der Waals surface area (Å²) in [6.07, 6.45) is -2.90. The van der Waals surface area contributed by atoms with E-state index in [-0.39, 0.29) is 18.2 Å². The number of rotatable bonds is 11. The first-order valence-corrected chi connectivity index (χ1v) is 12.8. The average Bonchev–Trinajstić information content (AvgIpc) is 3.05. The number of esters is 1. The van der Waals surface area contributed by atoms with Gasteiger partial charge in [0.05, 0.1) is 13.2 Å². The molecule has 1 unspecified atom stereocenters. The van der Waals surface area contributed by atoms with E-state index in [1.807, 2.05) is 6.92 Å². The van der Waals surface area contributed by atoms with Crippen molar-refractivity contribution in [2.24, 2.45) is 0 Å². The number of nitrogen functional groups attached to an aromatic ring is 1. The fourth-order valence-corrected chi connectivity index (χ4v) is 4.96. The summed E-state index contributed by atoms with van der Waals surface area (Å²) in [4.78, 5) is 28.0. The van der Waals surface area contributed by atoms with Crippen molar-refractivity contribution in [1.29, 1.82) is 0 Å². The molecule has 4 N–H and O–H groups in total. The van der Waals surface area contributed by atoms with Gasteiger partial charge in [-0.15, -0.1) is 0 Å². The largest absolute Gasteiger partial charge is 0.465 e. The highest BCUT2D eigenvalue weighted by molar-refractivity contribution is 7.52. The zero-order valence-corrected chi connectivity index (χ0v) is 21.0. The maximum atomic E-state index is 15.5. The predicted molar refractivity (Wildman–Crippen MR) is 127 cm³/mol. The summed E-state index contributed by atoms with van der Waals surface area (Å²) in [6, 6.07) is 8.23. The number of alkyl halides is 1. The topological polar surface area (TPSA) is 164 Å². The number of para-hydroxylation sites is 1. The highest BCUT2D eigenvalue weighted by atomic mass is 31.2. The monoisotopic (exact) mass is 528 g/mol. The first-order valence-electron chi connectivity index (χ1n) is 11.3. The van der Waals surface area contributed by atoms with Gasteiger partial charge in [-0.05, 0) is 38.5 Å². The summed E-state index contributed by atoms with van der Waals surface area (Å²) in [5, 5.41) is 13.1. The van der Waals surface area contributed by atoms with E-state index in [1.54, 1.807) is 18.2 Å². The smallest absolute Gasteiger partial charge is 0.459 e. The van der Waals surface area contributed by atoms with Crippen LogP contribution in [0.15, 0.2) is 47.4 Å². The van der Waals surface area contributed by atoms with E-state index >= 15 is 4.39 Å². The lowest BCUT2D eigenvalue weighted by atomic mass is 9.98. The number of hydrogen-bond donors (Lipinski definition) is 3. The molecule has 12 nitrogen and oxygen atoms in total. The quantitative estimate of drug-likeness (QED) is 0.288. The highest BCUT2D eigenvalue weighted by Crippen LogP contribution is 2.47. The van der Waals surface area contributed by atoms with Gasteiger partial charge < -0.3 is 24.8 Å². The van der Waals surface area contributed by atoms with Crippen LogP contribution < -0.4 is 21.0 Å². The number of ether oxygens (including phenoxy) is 2. The van der Waals surface area contributed by atoms with Gasteiger partial charge in [-0.1, -0.05) is 25.1 Å². The maximum Gasteiger partial charge on any atom is 0.459 e. The van der Waals surface area contributed by atoms with E-state index in [9.17, 15) is 19.3 Å². The molecule has 1 aromatic heterocycles. The van der Waals surface area contributed by atoms with Crippen LogP contribution in [0.1, 0.15) is 33.4 Å². The molecule has 1 aliphatic rings. The van der Waals surface area contributed by atoms with Gasteiger partial charge in [-0.2, -0.15) is 10.1 Å². The minimum Gasteiger partial charge on any atom is -0.465 e. The minimum atomic E-state index is -4.27. The molecule has 6 atom stereocenters. The lowest BCUT2D eigenvalue weighted by Gasteiger charge is -2.25. The van der Waals surface area contributed by atoms with Crippen molar-refractivity contribution in [3.63, 3.8) is 0 Å². The second-order valence-corrected chi connectivity index (χ2v) is 10.1. The molecule has 198 valence electrons. The normalized spacial score (nSPS) is 26.2. The Balaban J connectivity index is 1.78. The SMILES string of the molecule is CCCOC(=O)[C@H](C)NP(=O)(OC[C@H]1O[C@@H](n2ccc(N)nc2=O)[C@](C)(F)[C@@H]1O)Oc1ccccc1. The van der Waals surface area contributed by atoms with Crippen LogP contribution in [0.3, 0.4) is 0 Å². The van der Waals surface area contributed by atoms with Gasteiger partial charge in [0.1, 0.15) is 29.8 Å². The molecule has 0 radical (unpaired) electrons. The van der Waals surface area contributed by atoms with E-state index < -0.39 is 56.2 Å². The molecular weight excluding hydrogens is 498 g/mol. The van der Waals surface area contributed by atoms with Gasteiger partial charge in [-0.3, -0.25) is 13.9 Å². The molecule has 0 amide bonds. The van der Waals surface area contributed by atoms with E-state index in [0.717, 1.165) is 11.5 Å². The Kier molecular flexibility index (Phi) is 8.85. The van der Waals surface area contributed by atoms with E-state index in [1.165, 1.54) is 31.3 Å². The van der Waals surface area contributed by atoms with Crippen LogP contribution in [0.2, 0.25) is 0 Å². The third-order valence-corrected chi connectivity index (χ3v) is 7.00. The van der Waals surface area contributed by atoms with Crippen molar-refractivity contribution < 1.29 is 37.4 Å². The van der Waals surface area contributed by atoms with Crippen LogP contribution in [-0.4, -0.2) is 57.8 Å². The summed E-state index contributed by atoms with van der Waals surface area (Å²) in [7, 11) is -4.27. The van der Waals surface area contributed by atoms with Gasteiger partial charge in [0, 0.05) is 6.20 Å². The predicted octanol–water partition coefficient (Wildman–Crippen LogP) is 1.95. The Labute approximate surface area is 207 Å². The number of carbonyl (C=O) groups excluding carboxylic acids is 1. The molecule has 0 saturated carbocycles. The van der Waals surface area contributed by atoms with Crippen molar-refractivity contribution in [1.82, 2.24) is 14.6 Å². The first-order chi connectivity index (χ1) is 17.0. The lowest BCUT2D eigenvalue weighted by molar-refractivity contribution is -0.145. The Bertz CT molecular complexity index is 1150. The fourth-order valence-electron chi connectivity index (χ4n) is 3.45. The van der Waals surface area contributed by atoms with Crippen LogP contribution in [0.25, 0.3) is 0 Å². The van der Waals surface area contributed by atoms with Crippen LogP contribution >= 0.6 is 7.75 Å². The first kappa shape index (κ1) is 27.8. The fraction of sp³-hybridized carbons (Fsp3) is 0.500.